The van der Waals surface area contributed by atoms with Gasteiger partial charge in [-0.05, 0) is 61.3 Å². The van der Waals surface area contributed by atoms with E-state index in [1.54, 1.807) is 0 Å². The molecule has 3 aliphatic heterocycles. The number of carbonyl (C=O) groups is 1. The van der Waals surface area contributed by atoms with Crippen molar-refractivity contribution in [2.75, 3.05) is 13.1 Å². The van der Waals surface area contributed by atoms with E-state index in [1.807, 2.05) is 0 Å². The summed E-state index contributed by atoms with van der Waals surface area (Å²) in [5, 5.41) is 0. The van der Waals surface area contributed by atoms with Crippen LogP contribution in [-0.4, -0.2) is 41.4 Å². The summed E-state index contributed by atoms with van der Waals surface area (Å²) in [6.07, 6.45) is 14.8. The van der Waals surface area contributed by atoms with Gasteiger partial charge >= 0.3 is 0 Å². The fraction of sp³-hybridized carbons (Fsp3) is 0.474. The van der Waals surface area contributed by atoms with Gasteiger partial charge in [-0.1, -0.05) is 76.3 Å². The van der Waals surface area contributed by atoms with Gasteiger partial charge in [0.25, 0.3) is 0 Å². The normalized spacial score (nSPS) is 23.7. The van der Waals surface area contributed by atoms with Gasteiger partial charge in [-0.3, -0.25) is 9.79 Å². The molecule has 1 amide bonds. The van der Waals surface area contributed by atoms with E-state index in [1.165, 1.54) is 39.1 Å². The minimum Gasteiger partial charge on any atom is -0.342 e. The molecule has 1 aromatic carbocycles. The van der Waals surface area contributed by atoms with Crippen molar-refractivity contribution in [3.05, 3.63) is 94.1 Å². The molecule has 1 unspecified atom stereocenters. The standard InChI is InChI=1S/C38H48N3O/c1-9-33-27(5)35(30-19-21-41(22-20-30)36(42)37(6,7)25(2)3)40-34-23-38(33,8)39-24-32(34)29-16-15-26(4)31(18-17-29)28-13-11-10-12-14-28/h9-15,17-18,24-25,30H,16,19-23H2,1-8H3/q+1. The predicted molar refractivity (Wildman–Crippen MR) is 177 cm³/mol. The quantitative estimate of drug-likeness (QED) is 0.320. The van der Waals surface area contributed by atoms with Crippen LogP contribution in [0.1, 0.15) is 86.6 Å². The first-order valence-electron chi connectivity index (χ1n) is 15.8. The van der Waals surface area contributed by atoms with Gasteiger partial charge in [0.15, 0.2) is 0 Å². The number of hydrogen-bond acceptors (Lipinski definition) is 3. The summed E-state index contributed by atoms with van der Waals surface area (Å²) in [5.74, 6) is 0.919. The lowest BCUT2D eigenvalue weighted by molar-refractivity contribution is -0.143. The third-order valence-corrected chi connectivity index (χ3v) is 10.3. The van der Waals surface area contributed by atoms with Crippen LogP contribution in [0.25, 0.3) is 5.57 Å². The second kappa shape index (κ2) is 11.7. The second-order valence-corrected chi connectivity index (χ2v) is 13.6. The van der Waals surface area contributed by atoms with E-state index in [2.05, 4.69) is 121 Å². The Hall–Kier alpha value is -3.40. The molecule has 42 heavy (non-hydrogen) atoms. The minimum atomic E-state index is -0.344. The van der Waals surface area contributed by atoms with E-state index in [-0.39, 0.29) is 16.9 Å². The number of rotatable bonds is 6. The first-order chi connectivity index (χ1) is 20.0. The summed E-state index contributed by atoms with van der Waals surface area (Å²) >= 11 is 0. The van der Waals surface area contributed by atoms with E-state index in [0.29, 0.717) is 11.8 Å². The van der Waals surface area contributed by atoms with E-state index in [4.69, 9.17) is 9.98 Å². The van der Waals surface area contributed by atoms with Crippen LogP contribution in [0, 0.1) is 23.7 Å². The van der Waals surface area contributed by atoms with Gasteiger partial charge in [0, 0.05) is 62.9 Å². The molecule has 1 aliphatic carbocycles. The number of allylic oxidation sites excluding steroid dienone is 8. The number of piperidine rings is 1. The fourth-order valence-corrected chi connectivity index (χ4v) is 6.89. The molecule has 4 aliphatic rings. The van der Waals surface area contributed by atoms with Crippen LogP contribution in [0.15, 0.2) is 92.1 Å². The summed E-state index contributed by atoms with van der Waals surface area (Å²) in [6, 6.07) is 10.6. The molecule has 220 valence electrons. The largest absolute Gasteiger partial charge is 0.342 e. The smallest absolute Gasteiger partial charge is 0.228 e. The Bertz CT molecular complexity index is 1450. The molecule has 1 atom stereocenters. The number of fused-ring (bicyclic) bond motifs is 2. The van der Waals surface area contributed by atoms with Crippen LogP contribution >= 0.6 is 0 Å². The SMILES string of the molecule is C[CH+]C1=C(C)C(C2CCN(C(=O)C(C)(C)C(C)C)CC2)=NC2=C(C3=CC=C(c4ccccc4)C(C)=CC3)C=NC1(C)C2. The first-order valence-corrected chi connectivity index (χ1v) is 15.8. The van der Waals surface area contributed by atoms with Gasteiger partial charge in [-0.15, -0.1) is 0 Å². The Labute approximate surface area is 253 Å². The molecule has 3 heterocycles. The predicted octanol–water partition coefficient (Wildman–Crippen LogP) is 8.75. The van der Waals surface area contributed by atoms with E-state index in [0.717, 1.165) is 50.0 Å². The number of amides is 1. The Morgan fingerprint density at radius 3 is 2.43 bits per heavy atom. The van der Waals surface area contributed by atoms with Gasteiger partial charge in [0.05, 0.1) is 5.70 Å². The number of dihydropyridines is 1. The molecular weight excluding hydrogens is 514 g/mol. The fourth-order valence-electron chi connectivity index (χ4n) is 6.89. The molecule has 1 fully saturated rings. The lowest BCUT2D eigenvalue weighted by atomic mass is 9.77. The Kier molecular flexibility index (Phi) is 8.38. The molecule has 1 saturated heterocycles. The molecule has 0 N–H and O–H groups in total. The van der Waals surface area contributed by atoms with Gasteiger partial charge in [0.1, 0.15) is 22.4 Å². The highest BCUT2D eigenvalue weighted by Crippen LogP contribution is 2.43. The maximum absolute atomic E-state index is 13.4. The highest BCUT2D eigenvalue weighted by atomic mass is 16.2. The third-order valence-electron chi connectivity index (χ3n) is 10.3. The lowest BCUT2D eigenvalue weighted by Crippen LogP contribution is -2.47. The van der Waals surface area contributed by atoms with Crippen LogP contribution in [0.4, 0.5) is 0 Å². The van der Waals surface area contributed by atoms with Gasteiger partial charge < -0.3 is 4.90 Å². The van der Waals surface area contributed by atoms with Gasteiger partial charge in [-0.25, -0.2) is 4.99 Å². The number of benzene rings is 1. The van der Waals surface area contributed by atoms with Gasteiger partial charge in [0.2, 0.25) is 5.91 Å². The van der Waals surface area contributed by atoms with Crippen LogP contribution in [0.3, 0.4) is 0 Å². The molecule has 0 saturated carbocycles. The van der Waals surface area contributed by atoms with Crippen molar-refractivity contribution in [1.29, 1.82) is 0 Å². The van der Waals surface area contributed by atoms with Crippen LogP contribution in [-0.2, 0) is 4.79 Å². The maximum atomic E-state index is 13.4. The van der Waals surface area contributed by atoms with Gasteiger partial charge in [-0.2, -0.15) is 0 Å². The molecular formula is C38H48N3O+. The number of hydrogen-bond donors (Lipinski definition) is 0. The molecule has 1 aromatic rings. The first kappa shape index (κ1) is 30.1. The van der Waals surface area contributed by atoms with E-state index >= 15 is 0 Å². The second-order valence-electron chi connectivity index (χ2n) is 13.6. The van der Waals surface area contributed by atoms with Crippen molar-refractivity contribution in [1.82, 2.24) is 4.90 Å². The highest BCUT2D eigenvalue weighted by molar-refractivity contribution is 6.05. The average molecular weight is 563 g/mol. The highest BCUT2D eigenvalue weighted by Gasteiger charge is 2.44. The Morgan fingerprint density at radius 2 is 1.79 bits per heavy atom. The number of likely N-dealkylation sites (tertiary alicyclic amines) is 1. The Balaban J connectivity index is 1.49. The van der Waals surface area contributed by atoms with Crippen LogP contribution in [0.2, 0.25) is 0 Å². The maximum Gasteiger partial charge on any atom is 0.228 e. The molecule has 5 rings (SSSR count). The summed E-state index contributed by atoms with van der Waals surface area (Å²) in [7, 11) is 0. The van der Waals surface area contributed by atoms with E-state index < -0.39 is 0 Å². The summed E-state index contributed by atoms with van der Waals surface area (Å²) in [4.78, 5) is 26.2. The zero-order valence-corrected chi connectivity index (χ0v) is 26.9. The topological polar surface area (TPSA) is 45.0 Å². The summed E-state index contributed by atoms with van der Waals surface area (Å²) in [6.45, 7) is 18.9. The van der Waals surface area contributed by atoms with Crippen molar-refractivity contribution < 1.29 is 4.79 Å². The van der Waals surface area contributed by atoms with Crippen molar-refractivity contribution in [2.24, 2.45) is 27.2 Å². The average Bonchev–Trinajstić information content (AvgIpc) is 3.21. The molecule has 2 bridgehead atoms. The summed E-state index contributed by atoms with van der Waals surface area (Å²) in [5.41, 5.74) is 10.5. The van der Waals surface area contributed by atoms with Crippen LogP contribution in [0.5, 0.6) is 0 Å². The number of carbonyl (C=O) groups excluding carboxylic acids is 1. The van der Waals surface area contributed by atoms with Crippen molar-refractivity contribution in [2.45, 2.75) is 86.6 Å². The Morgan fingerprint density at radius 1 is 1.10 bits per heavy atom. The van der Waals surface area contributed by atoms with E-state index in [9.17, 15) is 4.79 Å². The zero-order valence-electron chi connectivity index (χ0n) is 26.9. The zero-order chi connectivity index (χ0) is 30.2. The number of aliphatic imine (C=N–C) groups is 2. The molecule has 0 spiro atoms. The molecule has 4 heteroatoms. The van der Waals surface area contributed by atoms with Crippen molar-refractivity contribution in [3.63, 3.8) is 0 Å². The third kappa shape index (κ3) is 5.53. The van der Waals surface area contributed by atoms with Crippen molar-refractivity contribution >= 4 is 23.4 Å². The summed E-state index contributed by atoms with van der Waals surface area (Å²) < 4.78 is 0. The lowest BCUT2D eigenvalue weighted by Gasteiger charge is -2.38. The molecule has 0 radical (unpaired) electrons. The molecule has 0 aromatic heterocycles. The van der Waals surface area contributed by atoms with Crippen molar-refractivity contribution in [3.8, 4) is 0 Å². The monoisotopic (exact) mass is 562 g/mol. The van der Waals surface area contributed by atoms with Crippen LogP contribution < -0.4 is 0 Å². The number of nitrogens with zero attached hydrogens (tertiary/aromatic N) is 3. The minimum absolute atomic E-state index is 0.280. The molecule has 4 nitrogen and oxygen atoms in total.